The summed E-state index contributed by atoms with van der Waals surface area (Å²) in [5, 5.41) is 0. The number of fused-ring (bicyclic) bond motifs is 2. The lowest BCUT2D eigenvalue weighted by Crippen LogP contribution is -2.38. The largest absolute Gasteiger partial charge is 0.375 e. The highest BCUT2D eigenvalue weighted by Crippen LogP contribution is 2.42. The Hall–Kier alpha value is -0.340. The molecule has 2 aliphatic heterocycles. The van der Waals surface area contributed by atoms with Crippen molar-refractivity contribution in [1.82, 2.24) is 0 Å². The first-order chi connectivity index (χ1) is 7.34. The first kappa shape index (κ1) is 9.86. The van der Waals surface area contributed by atoms with Crippen LogP contribution >= 0.6 is 0 Å². The SMILES string of the molecule is NC(C1=CCCCC1)C1CC2CCC1O2. The number of nitrogens with two attached hydrogens (primary N) is 1. The van der Waals surface area contributed by atoms with E-state index >= 15 is 0 Å². The summed E-state index contributed by atoms with van der Waals surface area (Å²) >= 11 is 0. The molecule has 2 saturated heterocycles. The topological polar surface area (TPSA) is 35.2 Å². The second-order valence-corrected chi connectivity index (χ2v) is 5.32. The smallest absolute Gasteiger partial charge is 0.0626 e. The molecule has 15 heavy (non-hydrogen) atoms. The minimum atomic E-state index is 0.292. The fourth-order valence-corrected chi connectivity index (χ4v) is 3.50. The molecule has 0 aromatic heterocycles. The quantitative estimate of drug-likeness (QED) is 0.706. The molecule has 4 unspecified atom stereocenters. The lowest BCUT2D eigenvalue weighted by Gasteiger charge is -2.29. The summed E-state index contributed by atoms with van der Waals surface area (Å²) < 4.78 is 5.89. The van der Waals surface area contributed by atoms with Crippen LogP contribution in [0.3, 0.4) is 0 Å². The van der Waals surface area contributed by atoms with E-state index in [1.807, 2.05) is 0 Å². The van der Waals surface area contributed by atoms with E-state index in [-0.39, 0.29) is 0 Å². The summed E-state index contributed by atoms with van der Waals surface area (Å²) in [7, 11) is 0. The van der Waals surface area contributed by atoms with Crippen LogP contribution in [0.2, 0.25) is 0 Å². The van der Waals surface area contributed by atoms with Crippen molar-refractivity contribution in [3.8, 4) is 0 Å². The highest BCUT2D eigenvalue weighted by Gasteiger charge is 2.43. The van der Waals surface area contributed by atoms with Crippen molar-refractivity contribution in [1.29, 1.82) is 0 Å². The molecule has 84 valence electrons. The van der Waals surface area contributed by atoms with Gasteiger partial charge < -0.3 is 10.5 Å². The number of rotatable bonds is 2. The van der Waals surface area contributed by atoms with Gasteiger partial charge in [-0.2, -0.15) is 0 Å². The molecule has 2 N–H and O–H groups in total. The predicted octanol–water partition coefficient (Wildman–Crippen LogP) is 2.38. The van der Waals surface area contributed by atoms with Crippen molar-refractivity contribution < 1.29 is 4.74 Å². The molecular weight excluding hydrogens is 186 g/mol. The minimum absolute atomic E-state index is 0.292. The third kappa shape index (κ3) is 1.74. The Balaban J connectivity index is 1.69. The maximum absolute atomic E-state index is 6.39. The monoisotopic (exact) mass is 207 g/mol. The average molecular weight is 207 g/mol. The van der Waals surface area contributed by atoms with E-state index in [0.717, 1.165) is 0 Å². The second kappa shape index (κ2) is 3.91. The first-order valence-electron chi connectivity index (χ1n) is 6.44. The van der Waals surface area contributed by atoms with Crippen LogP contribution in [0.4, 0.5) is 0 Å². The Morgan fingerprint density at radius 1 is 1.33 bits per heavy atom. The molecule has 0 saturated carbocycles. The van der Waals surface area contributed by atoms with Crippen LogP contribution in [-0.4, -0.2) is 18.2 Å². The molecule has 0 radical (unpaired) electrons. The molecular formula is C13H21NO. The van der Waals surface area contributed by atoms with Gasteiger partial charge in [0.2, 0.25) is 0 Å². The molecule has 2 heteroatoms. The van der Waals surface area contributed by atoms with Crippen LogP contribution in [0, 0.1) is 5.92 Å². The minimum Gasteiger partial charge on any atom is -0.375 e. The summed E-state index contributed by atoms with van der Waals surface area (Å²) in [5.41, 5.74) is 7.91. The predicted molar refractivity (Wildman–Crippen MR) is 60.5 cm³/mol. The van der Waals surface area contributed by atoms with Crippen molar-refractivity contribution in [3.63, 3.8) is 0 Å². The Bertz CT molecular complexity index is 274. The average Bonchev–Trinajstić information content (AvgIpc) is 2.91. The molecule has 0 spiro atoms. The van der Waals surface area contributed by atoms with Crippen molar-refractivity contribution in [3.05, 3.63) is 11.6 Å². The van der Waals surface area contributed by atoms with Gasteiger partial charge in [0.25, 0.3) is 0 Å². The molecule has 0 amide bonds. The summed E-state index contributed by atoms with van der Waals surface area (Å²) in [4.78, 5) is 0. The number of allylic oxidation sites excluding steroid dienone is 1. The van der Waals surface area contributed by atoms with Crippen LogP contribution < -0.4 is 5.73 Å². The van der Waals surface area contributed by atoms with Gasteiger partial charge in [-0.15, -0.1) is 0 Å². The third-order valence-corrected chi connectivity index (χ3v) is 4.37. The Morgan fingerprint density at radius 2 is 2.27 bits per heavy atom. The maximum atomic E-state index is 6.39. The van der Waals surface area contributed by atoms with E-state index < -0.39 is 0 Å². The number of ether oxygens (including phenoxy) is 1. The molecule has 2 nitrogen and oxygen atoms in total. The highest BCUT2D eigenvalue weighted by molar-refractivity contribution is 5.16. The zero-order valence-electron chi connectivity index (χ0n) is 9.32. The van der Waals surface area contributed by atoms with Gasteiger partial charge in [0.05, 0.1) is 12.2 Å². The molecule has 2 fully saturated rings. The van der Waals surface area contributed by atoms with Gasteiger partial charge in [-0.1, -0.05) is 11.6 Å². The Kier molecular flexibility index (Phi) is 2.57. The fourth-order valence-electron chi connectivity index (χ4n) is 3.50. The van der Waals surface area contributed by atoms with Crippen LogP contribution in [0.1, 0.15) is 44.9 Å². The van der Waals surface area contributed by atoms with Crippen molar-refractivity contribution in [2.45, 2.75) is 63.2 Å². The summed E-state index contributed by atoms with van der Waals surface area (Å²) in [6.45, 7) is 0. The Morgan fingerprint density at radius 3 is 2.87 bits per heavy atom. The van der Waals surface area contributed by atoms with E-state index in [4.69, 9.17) is 10.5 Å². The van der Waals surface area contributed by atoms with Crippen LogP contribution in [-0.2, 0) is 4.74 Å². The highest BCUT2D eigenvalue weighted by atomic mass is 16.5. The van der Waals surface area contributed by atoms with Gasteiger partial charge in [-0.25, -0.2) is 0 Å². The van der Waals surface area contributed by atoms with E-state index in [1.165, 1.54) is 50.5 Å². The van der Waals surface area contributed by atoms with Gasteiger partial charge in [-0.05, 0) is 44.9 Å². The second-order valence-electron chi connectivity index (χ2n) is 5.32. The van der Waals surface area contributed by atoms with Gasteiger partial charge >= 0.3 is 0 Å². The van der Waals surface area contributed by atoms with E-state index in [9.17, 15) is 0 Å². The molecule has 2 bridgehead atoms. The van der Waals surface area contributed by atoms with Crippen molar-refractivity contribution in [2.24, 2.45) is 11.7 Å². The molecule has 0 aromatic rings. The van der Waals surface area contributed by atoms with Crippen molar-refractivity contribution >= 4 is 0 Å². The van der Waals surface area contributed by atoms with Crippen LogP contribution in [0.15, 0.2) is 11.6 Å². The van der Waals surface area contributed by atoms with Gasteiger partial charge in [-0.3, -0.25) is 0 Å². The van der Waals surface area contributed by atoms with Gasteiger partial charge in [0.1, 0.15) is 0 Å². The standard InChI is InChI=1S/C13H21NO/c14-13(9-4-2-1-3-5-9)11-8-10-6-7-12(11)15-10/h4,10-13H,1-3,5-8,14H2. The number of hydrogen-bond donors (Lipinski definition) is 1. The molecule has 3 aliphatic rings. The van der Waals surface area contributed by atoms with Crippen LogP contribution in [0.25, 0.3) is 0 Å². The summed E-state index contributed by atoms with van der Waals surface area (Å²) in [6.07, 6.45) is 12.3. The lowest BCUT2D eigenvalue weighted by molar-refractivity contribution is 0.0900. The first-order valence-corrected chi connectivity index (χ1v) is 6.44. The zero-order chi connectivity index (χ0) is 10.3. The lowest BCUT2D eigenvalue weighted by atomic mass is 9.79. The molecule has 3 rings (SSSR count). The Labute approximate surface area is 91.9 Å². The third-order valence-electron chi connectivity index (χ3n) is 4.37. The van der Waals surface area contributed by atoms with Gasteiger partial charge in [0.15, 0.2) is 0 Å². The summed E-state index contributed by atoms with van der Waals surface area (Å²) in [5.74, 6) is 0.619. The van der Waals surface area contributed by atoms with E-state index in [1.54, 1.807) is 0 Å². The zero-order valence-corrected chi connectivity index (χ0v) is 9.32. The summed E-state index contributed by atoms with van der Waals surface area (Å²) in [6, 6.07) is 0.292. The molecule has 1 aliphatic carbocycles. The maximum Gasteiger partial charge on any atom is 0.0626 e. The van der Waals surface area contributed by atoms with E-state index in [0.29, 0.717) is 24.2 Å². The molecule has 4 atom stereocenters. The molecule has 2 heterocycles. The van der Waals surface area contributed by atoms with Gasteiger partial charge in [0, 0.05) is 12.0 Å². The van der Waals surface area contributed by atoms with E-state index in [2.05, 4.69) is 6.08 Å². The number of hydrogen-bond acceptors (Lipinski definition) is 2. The normalized spacial score (nSPS) is 41.7. The van der Waals surface area contributed by atoms with Crippen LogP contribution in [0.5, 0.6) is 0 Å². The fraction of sp³-hybridized carbons (Fsp3) is 0.846. The van der Waals surface area contributed by atoms with Crippen molar-refractivity contribution in [2.75, 3.05) is 0 Å². The molecule has 0 aromatic carbocycles.